The average molecular weight is 383 g/mol. The number of methoxy groups -OCH3 is 1. The lowest BCUT2D eigenvalue weighted by molar-refractivity contribution is 0.0696. The lowest BCUT2D eigenvalue weighted by Gasteiger charge is -2.13. The van der Waals surface area contributed by atoms with Crippen molar-refractivity contribution in [2.75, 3.05) is 11.8 Å². The first-order valence-electron chi connectivity index (χ1n) is 8.00. The van der Waals surface area contributed by atoms with E-state index in [1.165, 1.54) is 31.4 Å². The summed E-state index contributed by atoms with van der Waals surface area (Å²) >= 11 is 0. The van der Waals surface area contributed by atoms with E-state index in [1.807, 2.05) is 36.4 Å². The molecule has 0 aliphatic heterocycles. The third kappa shape index (κ3) is 4.09. The van der Waals surface area contributed by atoms with Crippen molar-refractivity contribution in [1.82, 2.24) is 0 Å². The first-order chi connectivity index (χ1) is 12.9. The van der Waals surface area contributed by atoms with E-state index in [9.17, 15) is 13.2 Å². The molecule has 2 N–H and O–H groups in total. The Kier molecular flexibility index (Phi) is 5.14. The molecule has 7 heteroatoms. The summed E-state index contributed by atoms with van der Waals surface area (Å²) in [4.78, 5) is 11.2. The molecule has 0 spiro atoms. The van der Waals surface area contributed by atoms with Crippen LogP contribution < -0.4 is 9.46 Å². The van der Waals surface area contributed by atoms with Gasteiger partial charge < -0.3 is 9.84 Å². The average Bonchev–Trinajstić information content (AvgIpc) is 2.68. The first kappa shape index (κ1) is 18.5. The number of nitrogens with one attached hydrogen (secondary N) is 1. The van der Waals surface area contributed by atoms with Gasteiger partial charge in [0, 0.05) is 0 Å². The number of anilines is 1. The van der Waals surface area contributed by atoms with Gasteiger partial charge in [-0.15, -0.1) is 0 Å². The number of hydrogen-bond donors (Lipinski definition) is 2. The minimum absolute atomic E-state index is 0.000808. The summed E-state index contributed by atoms with van der Waals surface area (Å²) < 4.78 is 33.2. The van der Waals surface area contributed by atoms with Gasteiger partial charge in [0.25, 0.3) is 10.0 Å². The molecule has 0 heterocycles. The van der Waals surface area contributed by atoms with Gasteiger partial charge in [-0.25, -0.2) is 13.2 Å². The zero-order valence-electron chi connectivity index (χ0n) is 14.4. The summed E-state index contributed by atoms with van der Waals surface area (Å²) in [5.74, 6) is -1.00. The minimum atomic E-state index is -3.89. The lowest BCUT2D eigenvalue weighted by atomic mass is 10.1. The molecular weight excluding hydrogens is 366 g/mol. The van der Waals surface area contributed by atoms with Crippen molar-refractivity contribution in [3.8, 4) is 16.9 Å². The second kappa shape index (κ2) is 7.51. The minimum Gasteiger partial charge on any atom is -0.495 e. The molecule has 138 valence electrons. The van der Waals surface area contributed by atoms with Crippen LogP contribution in [0.15, 0.2) is 77.7 Å². The molecule has 3 aromatic rings. The van der Waals surface area contributed by atoms with Crippen LogP contribution >= 0.6 is 0 Å². The van der Waals surface area contributed by atoms with E-state index in [4.69, 9.17) is 9.84 Å². The SMILES string of the molecule is COc1cc(C(=O)O)ccc1NS(=O)(=O)c1cccc(-c2ccccc2)c1. The van der Waals surface area contributed by atoms with Gasteiger partial charge in [-0.3, -0.25) is 4.72 Å². The molecule has 0 aliphatic carbocycles. The van der Waals surface area contributed by atoms with Crippen LogP contribution in [0.3, 0.4) is 0 Å². The van der Waals surface area contributed by atoms with Crippen molar-refractivity contribution < 1.29 is 23.1 Å². The molecule has 6 nitrogen and oxygen atoms in total. The summed E-state index contributed by atoms with van der Waals surface area (Å²) in [6, 6.07) is 19.9. The normalized spacial score (nSPS) is 11.0. The van der Waals surface area contributed by atoms with Gasteiger partial charge >= 0.3 is 5.97 Å². The Morgan fingerprint density at radius 1 is 0.926 bits per heavy atom. The first-order valence-corrected chi connectivity index (χ1v) is 9.48. The smallest absolute Gasteiger partial charge is 0.335 e. The molecule has 3 aromatic carbocycles. The fraction of sp³-hybridized carbons (Fsp3) is 0.0500. The molecule has 0 atom stereocenters. The van der Waals surface area contributed by atoms with E-state index in [2.05, 4.69) is 4.72 Å². The molecular formula is C20H17NO5S. The maximum absolute atomic E-state index is 12.8. The number of carbonyl (C=O) groups is 1. The van der Waals surface area contributed by atoms with Gasteiger partial charge in [0.2, 0.25) is 0 Å². The molecule has 0 aliphatic rings. The summed E-state index contributed by atoms with van der Waals surface area (Å²) in [7, 11) is -2.54. The Labute approximate surface area is 157 Å². The zero-order valence-corrected chi connectivity index (χ0v) is 15.2. The van der Waals surface area contributed by atoms with E-state index in [0.29, 0.717) is 0 Å². The molecule has 27 heavy (non-hydrogen) atoms. The van der Waals surface area contributed by atoms with E-state index in [-0.39, 0.29) is 21.9 Å². The number of carboxylic acid groups (broad SMARTS) is 1. The number of aromatic carboxylic acids is 1. The Bertz CT molecular complexity index is 1080. The quantitative estimate of drug-likeness (QED) is 0.674. The topological polar surface area (TPSA) is 92.7 Å². The van der Waals surface area contributed by atoms with E-state index in [0.717, 1.165) is 11.1 Å². The van der Waals surface area contributed by atoms with E-state index >= 15 is 0 Å². The standard InChI is InChI=1S/C20H17NO5S/c1-26-19-13-16(20(22)23)10-11-18(19)21-27(24,25)17-9-5-8-15(12-17)14-6-3-2-4-7-14/h2-13,21H,1H3,(H,22,23). The zero-order chi connectivity index (χ0) is 19.4. The highest BCUT2D eigenvalue weighted by Crippen LogP contribution is 2.29. The molecule has 0 amide bonds. The van der Waals surface area contributed by atoms with Gasteiger partial charge in [0.1, 0.15) is 5.75 Å². The van der Waals surface area contributed by atoms with Crippen LogP contribution in [0.2, 0.25) is 0 Å². The Balaban J connectivity index is 1.95. The van der Waals surface area contributed by atoms with Crippen molar-refractivity contribution >= 4 is 21.7 Å². The van der Waals surface area contributed by atoms with Crippen molar-refractivity contribution in [2.45, 2.75) is 4.90 Å². The Morgan fingerprint density at radius 2 is 1.63 bits per heavy atom. The number of rotatable bonds is 6. The second-order valence-corrected chi connectivity index (χ2v) is 7.40. The summed E-state index contributed by atoms with van der Waals surface area (Å²) in [5, 5.41) is 9.05. The number of hydrogen-bond acceptors (Lipinski definition) is 4. The van der Waals surface area contributed by atoms with Crippen LogP contribution in [0.5, 0.6) is 5.75 Å². The fourth-order valence-corrected chi connectivity index (χ4v) is 3.70. The lowest BCUT2D eigenvalue weighted by Crippen LogP contribution is -2.14. The van der Waals surface area contributed by atoms with Crippen LogP contribution in [0, 0.1) is 0 Å². The van der Waals surface area contributed by atoms with Gasteiger partial charge in [0.05, 0.1) is 23.3 Å². The molecule has 3 rings (SSSR count). The van der Waals surface area contributed by atoms with Crippen molar-refractivity contribution in [1.29, 1.82) is 0 Å². The number of ether oxygens (including phenoxy) is 1. The molecule has 0 aromatic heterocycles. The maximum Gasteiger partial charge on any atom is 0.335 e. The maximum atomic E-state index is 12.8. The summed E-state index contributed by atoms with van der Waals surface area (Å²) in [6.45, 7) is 0. The number of sulfonamides is 1. The van der Waals surface area contributed by atoms with E-state index in [1.54, 1.807) is 12.1 Å². The monoisotopic (exact) mass is 383 g/mol. The van der Waals surface area contributed by atoms with Gasteiger partial charge in [0.15, 0.2) is 0 Å². The third-order valence-corrected chi connectivity index (χ3v) is 5.31. The predicted molar refractivity (Wildman–Crippen MR) is 103 cm³/mol. The van der Waals surface area contributed by atoms with Gasteiger partial charge in [-0.2, -0.15) is 0 Å². The molecule has 0 saturated heterocycles. The highest BCUT2D eigenvalue weighted by atomic mass is 32.2. The van der Waals surface area contributed by atoms with Crippen LogP contribution in [0.4, 0.5) is 5.69 Å². The van der Waals surface area contributed by atoms with Gasteiger partial charge in [-0.05, 0) is 41.5 Å². The Morgan fingerprint density at radius 3 is 2.30 bits per heavy atom. The summed E-state index contributed by atoms with van der Waals surface area (Å²) in [6.07, 6.45) is 0. The predicted octanol–water partition coefficient (Wildman–Crippen LogP) is 3.86. The van der Waals surface area contributed by atoms with Crippen LogP contribution in [0.1, 0.15) is 10.4 Å². The van der Waals surface area contributed by atoms with Crippen molar-refractivity contribution in [3.05, 3.63) is 78.4 Å². The highest BCUT2D eigenvalue weighted by molar-refractivity contribution is 7.92. The highest BCUT2D eigenvalue weighted by Gasteiger charge is 2.18. The van der Waals surface area contributed by atoms with Crippen molar-refractivity contribution in [2.24, 2.45) is 0 Å². The number of benzene rings is 3. The molecule has 0 fully saturated rings. The van der Waals surface area contributed by atoms with Gasteiger partial charge in [-0.1, -0.05) is 42.5 Å². The van der Waals surface area contributed by atoms with E-state index < -0.39 is 16.0 Å². The molecule has 0 bridgehead atoms. The van der Waals surface area contributed by atoms with Crippen LogP contribution in [-0.4, -0.2) is 26.6 Å². The number of carboxylic acids is 1. The third-order valence-electron chi connectivity index (χ3n) is 3.94. The molecule has 0 unspecified atom stereocenters. The van der Waals surface area contributed by atoms with Crippen molar-refractivity contribution in [3.63, 3.8) is 0 Å². The fourth-order valence-electron chi connectivity index (χ4n) is 2.59. The summed E-state index contributed by atoms with van der Waals surface area (Å²) in [5.41, 5.74) is 1.83. The molecule has 0 radical (unpaired) electrons. The second-order valence-electron chi connectivity index (χ2n) is 5.72. The van der Waals surface area contributed by atoms with Crippen LogP contribution in [-0.2, 0) is 10.0 Å². The largest absolute Gasteiger partial charge is 0.495 e. The van der Waals surface area contributed by atoms with Crippen LogP contribution in [0.25, 0.3) is 11.1 Å². The Hall–Kier alpha value is -3.32. The molecule has 0 saturated carbocycles.